The van der Waals surface area contributed by atoms with Crippen LogP contribution in [-0.4, -0.2) is 37.0 Å². The van der Waals surface area contributed by atoms with Crippen LogP contribution in [0.1, 0.15) is 30.6 Å². The second-order valence-electron chi connectivity index (χ2n) is 4.27. The van der Waals surface area contributed by atoms with Crippen molar-refractivity contribution in [2.24, 2.45) is 0 Å². The van der Waals surface area contributed by atoms with Gasteiger partial charge in [0.15, 0.2) is 0 Å². The lowest BCUT2D eigenvalue weighted by atomic mass is 10.2. The Morgan fingerprint density at radius 1 is 1.37 bits per heavy atom. The Kier molecular flexibility index (Phi) is 7.02. The van der Waals surface area contributed by atoms with Gasteiger partial charge in [0, 0.05) is 12.1 Å². The van der Waals surface area contributed by atoms with E-state index in [-0.39, 0.29) is 5.91 Å². The molecule has 0 aliphatic rings. The van der Waals surface area contributed by atoms with Crippen molar-refractivity contribution in [2.75, 3.05) is 26.2 Å². The third kappa shape index (κ3) is 5.28. The fourth-order valence-electron chi connectivity index (χ4n) is 1.78. The van der Waals surface area contributed by atoms with E-state index in [0.29, 0.717) is 16.6 Å². The van der Waals surface area contributed by atoms with Crippen molar-refractivity contribution in [3.8, 4) is 0 Å². The van der Waals surface area contributed by atoms with Crippen LogP contribution >= 0.6 is 15.9 Å². The van der Waals surface area contributed by atoms with E-state index in [2.05, 4.69) is 40.0 Å². The molecule has 0 fully saturated rings. The van der Waals surface area contributed by atoms with Crippen LogP contribution in [0.25, 0.3) is 0 Å². The Hall–Kier alpha value is -0.940. The summed E-state index contributed by atoms with van der Waals surface area (Å²) in [6.07, 6.45) is 0.895. The molecule has 1 rings (SSSR count). The molecule has 0 aliphatic carbocycles. The summed E-state index contributed by atoms with van der Waals surface area (Å²) < 4.78 is 13.7. The third-order valence-corrected chi connectivity index (χ3v) is 3.66. The van der Waals surface area contributed by atoms with Gasteiger partial charge in [-0.2, -0.15) is 0 Å². The van der Waals surface area contributed by atoms with Gasteiger partial charge in [0.2, 0.25) is 0 Å². The van der Waals surface area contributed by atoms with Crippen LogP contribution in [0.4, 0.5) is 4.39 Å². The zero-order valence-electron chi connectivity index (χ0n) is 11.4. The van der Waals surface area contributed by atoms with Crippen molar-refractivity contribution in [3.63, 3.8) is 0 Å². The lowest BCUT2D eigenvalue weighted by molar-refractivity contribution is 0.0951. The normalized spacial score (nSPS) is 10.8. The van der Waals surface area contributed by atoms with E-state index in [1.54, 1.807) is 12.1 Å². The second kappa shape index (κ2) is 8.27. The Balaban J connectivity index is 2.37. The van der Waals surface area contributed by atoms with Gasteiger partial charge in [-0.25, -0.2) is 4.39 Å². The topological polar surface area (TPSA) is 32.3 Å². The van der Waals surface area contributed by atoms with Crippen LogP contribution in [0.15, 0.2) is 22.7 Å². The lowest BCUT2D eigenvalue weighted by Crippen LogP contribution is -2.29. The monoisotopic (exact) mass is 330 g/mol. The molecule has 0 heterocycles. The van der Waals surface area contributed by atoms with Gasteiger partial charge in [0.25, 0.3) is 5.91 Å². The van der Waals surface area contributed by atoms with Crippen LogP contribution in [0.3, 0.4) is 0 Å². The summed E-state index contributed by atoms with van der Waals surface area (Å²) in [5.74, 6) is -0.651. The number of amides is 1. The highest BCUT2D eigenvalue weighted by Crippen LogP contribution is 2.16. The number of nitrogens with zero attached hydrogens (tertiary/aromatic N) is 1. The van der Waals surface area contributed by atoms with Crippen molar-refractivity contribution in [3.05, 3.63) is 34.1 Å². The maximum absolute atomic E-state index is 13.3. The highest BCUT2D eigenvalue weighted by molar-refractivity contribution is 9.10. The Morgan fingerprint density at radius 2 is 2.05 bits per heavy atom. The first-order chi connectivity index (χ1) is 9.08. The van der Waals surface area contributed by atoms with Gasteiger partial charge in [-0.15, -0.1) is 0 Å². The smallest absolute Gasteiger partial charge is 0.251 e. The van der Waals surface area contributed by atoms with Crippen molar-refractivity contribution in [1.82, 2.24) is 10.2 Å². The number of carbonyl (C=O) groups is 1. The molecule has 0 spiro atoms. The zero-order chi connectivity index (χ0) is 14.3. The molecule has 1 aromatic carbocycles. The molecule has 1 amide bonds. The molecule has 1 aromatic rings. The minimum atomic E-state index is -0.421. The van der Waals surface area contributed by atoms with Crippen molar-refractivity contribution in [2.45, 2.75) is 20.3 Å². The highest BCUT2D eigenvalue weighted by Gasteiger charge is 2.08. The van der Waals surface area contributed by atoms with Gasteiger partial charge >= 0.3 is 0 Å². The largest absolute Gasteiger partial charge is 0.352 e. The molecular weight excluding hydrogens is 311 g/mol. The van der Waals surface area contributed by atoms with Crippen molar-refractivity contribution < 1.29 is 9.18 Å². The van der Waals surface area contributed by atoms with Crippen LogP contribution < -0.4 is 5.32 Å². The molecule has 3 nitrogen and oxygen atoms in total. The van der Waals surface area contributed by atoms with Gasteiger partial charge in [-0.05, 0) is 60.2 Å². The van der Waals surface area contributed by atoms with E-state index in [1.807, 2.05) is 0 Å². The molecule has 19 heavy (non-hydrogen) atoms. The summed E-state index contributed by atoms with van der Waals surface area (Å²) in [5, 5.41) is 2.80. The van der Waals surface area contributed by atoms with Gasteiger partial charge in [0.1, 0.15) is 5.82 Å². The van der Waals surface area contributed by atoms with Gasteiger partial charge < -0.3 is 10.2 Å². The quantitative estimate of drug-likeness (QED) is 0.779. The second-order valence-corrected chi connectivity index (χ2v) is 5.12. The summed E-state index contributed by atoms with van der Waals surface area (Å²) in [4.78, 5) is 14.1. The number of hydrogen-bond acceptors (Lipinski definition) is 2. The van der Waals surface area contributed by atoms with Gasteiger partial charge in [-0.3, -0.25) is 4.79 Å². The Morgan fingerprint density at radius 3 is 2.63 bits per heavy atom. The average molecular weight is 331 g/mol. The number of rotatable bonds is 7. The molecule has 106 valence electrons. The van der Waals surface area contributed by atoms with Crippen LogP contribution in [0.2, 0.25) is 0 Å². The molecule has 0 saturated heterocycles. The molecule has 0 saturated carbocycles. The van der Waals surface area contributed by atoms with Crippen molar-refractivity contribution in [1.29, 1.82) is 0 Å². The van der Waals surface area contributed by atoms with E-state index < -0.39 is 5.82 Å². The predicted octanol–water partition coefficient (Wildman–Crippen LogP) is 3.05. The predicted molar refractivity (Wildman–Crippen MR) is 78.8 cm³/mol. The fraction of sp³-hybridized carbons (Fsp3) is 0.500. The summed E-state index contributed by atoms with van der Waals surface area (Å²) in [6, 6.07) is 4.39. The maximum atomic E-state index is 13.3. The molecule has 0 unspecified atom stereocenters. The van der Waals surface area contributed by atoms with Crippen LogP contribution in [0.5, 0.6) is 0 Å². The molecule has 1 N–H and O–H groups in total. The number of halogens is 2. The molecular formula is C14H20BrFN2O. The highest BCUT2D eigenvalue weighted by atomic mass is 79.9. The van der Waals surface area contributed by atoms with Crippen LogP contribution in [0, 0.1) is 5.82 Å². The number of hydrogen-bond donors (Lipinski definition) is 1. The summed E-state index contributed by atoms with van der Waals surface area (Å²) in [5.41, 5.74) is 0.350. The van der Waals surface area contributed by atoms with E-state index >= 15 is 0 Å². The lowest BCUT2D eigenvalue weighted by Gasteiger charge is -2.17. The number of benzene rings is 1. The van der Waals surface area contributed by atoms with E-state index in [4.69, 9.17) is 0 Å². The van der Waals surface area contributed by atoms with Crippen LogP contribution in [-0.2, 0) is 0 Å². The van der Waals surface area contributed by atoms with E-state index in [1.165, 1.54) is 6.07 Å². The first-order valence-corrected chi connectivity index (χ1v) is 7.33. The summed E-state index contributed by atoms with van der Waals surface area (Å²) >= 11 is 3.06. The molecule has 0 atom stereocenters. The minimum Gasteiger partial charge on any atom is -0.352 e. The van der Waals surface area contributed by atoms with E-state index in [9.17, 15) is 9.18 Å². The number of carbonyl (C=O) groups excluding carboxylic acids is 1. The standard InChI is InChI=1S/C14H20BrFN2O/c1-3-18(4-2)9-5-8-17-14(19)11-6-7-12(15)13(16)10-11/h6-7,10H,3-5,8-9H2,1-2H3,(H,17,19). The fourth-order valence-corrected chi connectivity index (χ4v) is 2.03. The number of nitrogens with one attached hydrogen (secondary N) is 1. The summed E-state index contributed by atoms with van der Waals surface area (Å²) in [7, 11) is 0. The van der Waals surface area contributed by atoms with Gasteiger partial charge in [-0.1, -0.05) is 13.8 Å². The first-order valence-electron chi connectivity index (χ1n) is 6.54. The Labute approximate surface area is 122 Å². The molecule has 0 aromatic heterocycles. The zero-order valence-corrected chi connectivity index (χ0v) is 13.0. The SMILES string of the molecule is CCN(CC)CCCNC(=O)c1ccc(Br)c(F)c1. The summed E-state index contributed by atoms with van der Waals surface area (Å²) in [6.45, 7) is 7.83. The third-order valence-electron chi connectivity index (χ3n) is 3.01. The van der Waals surface area contributed by atoms with Gasteiger partial charge in [0.05, 0.1) is 4.47 Å². The molecule has 0 bridgehead atoms. The minimum absolute atomic E-state index is 0.231. The molecule has 0 aliphatic heterocycles. The molecule has 0 radical (unpaired) electrons. The Bertz CT molecular complexity index is 422. The molecule has 5 heteroatoms. The maximum Gasteiger partial charge on any atom is 0.251 e. The average Bonchev–Trinajstić information content (AvgIpc) is 2.42. The van der Waals surface area contributed by atoms with Crippen molar-refractivity contribution >= 4 is 21.8 Å². The first kappa shape index (κ1) is 16.1. The van der Waals surface area contributed by atoms with E-state index in [0.717, 1.165) is 26.1 Å².